The number of imidazole rings is 1. The second-order valence-corrected chi connectivity index (χ2v) is 8.16. The average molecular weight is 426 g/mol. The van der Waals surface area contributed by atoms with Crippen molar-refractivity contribution >= 4 is 40.3 Å². The highest BCUT2D eigenvalue weighted by Crippen LogP contribution is 2.19. The molecule has 2 amide bonds. The van der Waals surface area contributed by atoms with Crippen LogP contribution in [0.1, 0.15) is 11.4 Å². The number of hydrogen-bond acceptors (Lipinski definition) is 5. The monoisotopic (exact) mass is 425 g/mol. The minimum absolute atomic E-state index is 0.0745. The molecule has 2 N–H and O–H groups in total. The standard InChI is InChI=1S/C22H27N5O2S/c1-26(2)13-22(29)24-17-8-6-7-16(11-17)12-23-21(28)14-27-19-10-5-4-9-18(19)25-20(27)15-30-3/h4-11H,12-15H2,1-3H3,(H,23,28)(H,24,29). The maximum absolute atomic E-state index is 12.6. The fraction of sp³-hybridized carbons (Fsp3) is 0.318. The number of carbonyl (C=O) groups excluding carboxylic acids is 2. The van der Waals surface area contributed by atoms with Crippen LogP contribution in [-0.2, 0) is 28.4 Å². The largest absolute Gasteiger partial charge is 0.350 e. The van der Waals surface area contributed by atoms with E-state index in [0.29, 0.717) is 13.1 Å². The van der Waals surface area contributed by atoms with Gasteiger partial charge in [-0.1, -0.05) is 24.3 Å². The molecule has 0 unspecified atom stereocenters. The SMILES string of the molecule is CSCc1nc2ccccc2n1CC(=O)NCc1cccc(NC(=O)CN(C)C)c1. The van der Waals surface area contributed by atoms with Gasteiger partial charge in [-0.15, -0.1) is 0 Å². The van der Waals surface area contributed by atoms with Crippen LogP contribution in [-0.4, -0.2) is 53.2 Å². The Morgan fingerprint density at radius 1 is 1.10 bits per heavy atom. The van der Waals surface area contributed by atoms with Gasteiger partial charge in [0.05, 0.1) is 23.3 Å². The number of benzene rings is 2. The smallest absolute Gasteiger partial charge is 0.240 e. The minimum atomic E-state index is -0.0810. The first-order chi connectivity index (χ1) is 14.5. The number of thioether (sulfide) groups is 1. The Kier molecular flexibility index (Phi) is 7.48. The second-order valence-electron chi connectivity index (χ2n) is 7.30. The highest BCUT2D eigenvalue weighted by Gasteiger charge is 2.13. The molecule has 3 aromatic rings. The van der Waals surface area contributed by atoms with Crippen LogP contribution in [0.2, 0.25) is 0 Å². The van der Waals surface area contributed by atoms with E-state index in [9.17, 15) is 9.59 Å². The lowest BCUT2D eigenvalue weighted by molar-refractivity contribution is -0.121. The van der Waals surface area contributed by atoms with Crippen molar-refractivity contribution in [1.82, 2.24) is 19.8 Å². The van der Waals surface area contributed by atoms with E-state index in [2.05, 4.69) is 15.6 Å². The van der Waals surface area contributed by atoms with Crippen LogP contribution < -0.4 is 10.6 Å². The predicted octanol–water partition coefficient (Wildman–Crippen LogP) is 2.72. The van der Waals surface area contributed by atoms with E-state index in [-0.39, 0.29) is 18.4 Å². The molecule has 0 bridgehead atoms. The first kappa shape index (κ1) is 21.9. The lowest BCUT2D eigenvalue weighted by Gasteiger charge is -2.12. The molecule has 0 saturated heterocycles. The number of nitrogens with zero attached hydrogens (tertiary/aromatic N) is 3. The van der Waals surface area contributed by atoms with Gasteiger partial charge in [0.1, 0.15) is 12.4 Å². The van der Waals surface area contributed by atoms with Crippen LogP contribution in [0.15, 0.2) is 48.5 Å². The third-order valence-corrected chi connectivity index (χ3v) is 5.02. The van der Waals surface area contributed by atoms with Gasteiger partial charge in [-0.05, 0) is 50.2 Å². The number of para-hydroxylation sites is 2. The lowest BCUT2D eigenvalue weighted by atomic mass is 10.2. The fourth-order valence-corrected chi connectivity index (χ4v) is 3.67. The highest BCUT2D eigenvalue weighted by molar-refractivity contribution is 7.97. The van der Waals surface area contributed by atoms with Crippen LogP contribution in [0.3, 0.4) is 0 Å². The molecular formula is C22H27N5O2S. The van der Waals surface area contributed by atoms with Crippen molar-refractivity contribution in [1.29, 1.82) is 0 Å². The Labute approximate surface area is 180 Å². The number of carbonyl (C=O) groups is 2. The van der Waals surface area contributed by atoms with Crippen molar-refractivity contribution in [3.05, 3.63) is 59.9 Å². The van der Waals surface area contributed by atoms with Crippen molar-refractivity contribution in [2.45, 2.75) is 18.8 Å². The average Bonchev–Trinajstić information content (AvgIpc) is 3.03. The van der Waals surface area contributed by atoms with Crippen molar-refractivity contribution in [2.75, 3.05) is 32.2 Å². The van der Waals surface area contributed by atoms with E-state index in [4.69, 9.17) is 0 Å². The van der Waals surface area contributed by atoms with Crippen molar-refractivity contribution in [2.24, 2.45) is 0 Å². The van der Waals surface area contributed by atoms with Gasteiger partial charge < -0.3 is 20.1 Å². The van der Waals surface area contributed by atoms with E-state index >= 15 is 0 Å². The molecule has 1 aromatic heterocycles. The summed E-state index contributed by atoms with van der Waals surface area (Å²) < 4.78 is 1.97. The van der Waals surface area contributed by atoms with Crippen molar-refractivity contribution in [3.8, 4) is 0 Å². The topological polar surface area (TPSA) is 79.3 Å². The number of anilines is 1. The molecule has 2 aromatic carbocycles. The zero-order valence-corrected chi connectivity index (χ0v) is 18.3. The minimum Gasteiger partial charge on any atom is -0.350 e. The molecule has 1 heterocycles. The predicted molar refractivity (Wildman–Crippen MR) is 122 cm³/mol. The molecule has 0 spiro atoms. The summed E-state index contributed by atoms with van der Waals surface area (Å²) >= 11 is 1.68. The number of rotatable bonds is 9. The first-order valence-corrected chi connectivity index (χ1v) is 11.1. The molecular weight excluding hydrogens is 398 g/mol. The maximum atomic E-state index is 12.6. The summed E-state index contributed by atoms with van der Waals surface area (Å²) in [5.41, 5.74) is 3.50. The third kappa shape index (κ3) is 5.84. The molecule has 30 heavy (non-hydrogen) atoms. The van der Waals surface area contributed by atoms with Gasteiger partial charge in [0.25, 0.3) is 0 Å². The molecule has 8 heteroatoms. The fourth-order valence-electron chi connectivity index (χ4n) is 3.19. The normalized spacial score (nSPS) is 11.1. The molecule has 0 aliphatic heterocycles. The summed E-state index contributed by atoms with van der Waals surface area (Å²) in [6, 6.07) is 15.4. The zero-order valence-electron chi connectivity index (χ0n) is 17.5. The Morgan fingerprint density at radius 3 is 2.67 bits per heavy atom. The zero-order chi connectivity index (χ0) is 21.5. The molecule has 3 rings (SSSR count). The summed E-state index contributed by atoms with van der Waals surface area (Å²) in [6.07, 6.45) is 2.02. The molecule has 0 aliphatic carbocycles. The number of aromatic nitrogens is 2. The number of likely N-dealkylation sites (N-methyl/N-ethyl adjacent to an activating group) is 1. The van der Waals surface area contributed by atoms with Gasteiger partial charge in [0.2, 0.25) is 11.8 Å². The summed E-state index contributed by atoms with van der Waals surface area (Å²) in [4.78, 5) is 31.0. The van der Waals surface area contributed by atoms with Gasteiger partial charge in [-0.2, -0.15) is 11.8 Å². The number of nitrogens with one attached hydrogen (secondary N) is 2. The van der Waals surface area contributed by atoms with Gasteiger partial charge in [-0.3, -0.25) is 9.59 Å². The number of hydrogen-bond donors (Lipinski definition) is 2. The Balaban J connectivity index is 1.63. The van der Waals surface area contributed by atoms with E-state index in [1.165, 1.54) is 0 Å². The number of amides is 2. The maximum Gasteiger partial charge on any atom is 0.240 e. The summed E-state index contributed by atoms with van der Waals surface area (Å²) in [7, 11) is 3.69. The van der Waals surface area contributed by atoms with Crippen molar-refractivity contribution < 1.29 is 9.59 Å². The van der Waals surface area contributed by atoms with Crippen LogP contribution in [0.4, 0.5) is 5.69 Å². The summed E-state index contributed by atoms with van der Waals surface area (Å²) in [6.45, 7) is 0.925. The Hall–Kier alpha value is -2.84. The second kappa shape index (κ2) is 10.3. The van der Waals surface area contributed by atoms with Gasteiger partial charge in [-0.25, -0.2) is 4.98 Å². The summed E-state index contributed by atoms with van der Waals surface area (Å²) in [5.74, 6) is 1.48. The van der Waals surface area contributed by atoms with Crippen LogP contribution in [0.25, 0.3) is 11.0 Å². The molecule has 0 saturated carbocycles. The lowest BCUT2D eigenvalue weighted by Crippen LogP contribution is -2.28. The van der Waals surface area contributed by atoms with Crippen LogP contribution in [0.5, 0.6) is 0 Å². The van der Waals surface area contributed by atoms with E-state index in [0.717, 1.165) is 33.9 Å². The van der Waals surface area contributed by atoms with Gasteiger partial charge in [0.15, 0.2) is 0 Å². The molecule has 7 nitrogen and oxygen atoms in total. The van der Waals surface area contributed by atoms with E-state index in [1.54, 1.807) is 11.8 Å². The Bertz CT molecular complexity index is 1030. The van der Waals surface area contributed by atoms with Gasteiger partial charge >= 0.3 is 0 Å². The summed E-state index contributed by atoms with van der Waals surface area (Å²) in [5, 5.41) is 5.84. The van der Waals surface area contributed by atoms with Crippen LogP contribution in [0, 0.1) is 0 Å². The van der Waals surface area contributed by atoms with Crippen LogP contribution >= 0.6 is 11.8 Å². The van der Waals surface area contributed by atoms with E-state index in [1.807, 2.05) is 78.3 Å². The first-order valence-electron chi connectivity index (χ1n) is 9.69. The van der Waals surface area contributed by atoms with Gasteiger partial charge in [0, 0.05) is 12.2 Å². The number of fused-ring (bicyclic) bond motifs is 1. The molecule has 0 aliphatic rings. The quantitative estimate of drug-likeness (QED) is 0.551. The van der Waals surface area contributed by atoms with E-state index < -0.39 is 0 Å². The molecule has 0 atom stereocenters. The molecule has 0 radical (unpaired) electrons. The highest BCUT2D eigenvalue weighted by atomic mass is 32.2. The molecule has 0 fully saturated rings. The van der Waals surface area contributed by atoms with Crippen molar-refractivity contribution in [3.63, 3.8) is 0 Å². The third-order valence-electron chi connectivity index (χ3n) is 4.47. The molecule has 158 valence electrons. The Morgan fingerprint density at radius 2 is 1.90 bits per heavy atom.